The second kappa shape index (κ2) is 8.96. The number of Topliss-reactive ketones (excluding diaryl/α,β-unsaturated/α-hetero) is 1. The van der Waals surface area contributed by atoms with Crippen LogP contribution in [0.3, 0.4) is 0 Å². The molecule has 35 heavy (non-hydrogen) atoms. The Morgan fingerprint density at radius 3 is 2.63 bits per heavy atom. The molecule has 3 heterocycles. The Balaban J connectivity index is 1.72. The Labute approximate surface area is 214 Å². The van der Waals surface area contributed by atoms with Gasteiger partial charge in [-0.2, -0.15) is 0 Å². The summed E-state index contributed by atoms with van der Waals surface area (Å²) in [5.41, 5.74) is 2.05. The summed E-state index contributed by atoms with van der Waals surface area (Å²) < 4.78 is 6.05. The normalized spacial score (nSPS) is 17.4. The molecule has 2 aromatic carbocycles. The van der Waals surface area contributed by atoms with Crippen molar-refractivity contribution in [2.24, 2.45) is 0 Å². The van der Waals surface area contributed by atoms with Gasteiger partial charge in [0.1, 0.15) is 17.6 Å². The molecule has 7 nitrogen and oxygen atoms in total. The van der Waals surface area contributed by atoms with E-state index >= 15 is 0 Å². The van der Waals surface area contributed by atoms with Gasteiger partial charge in [0.15, 0.2) is 5.13 Å². The maximum atomic E-state index is 13.3. The molecule has 1 aliphatic heterocycles. The fourth-order valence-corrected chi connectivity index (χ4v) is 5.38. The van der Waals surface area contributed by atoms with E-state index in [1.54, 1.807) is 42.6 Å². The van der Waals surface area contributed by atoms with Crippen molar-refractivity contribution in [3.05, 3.63) is 87.2 Å². The van der Waals surface area contributed by atoms with Crippen molar-refractivity contribution >= 4 is 67.3 Å². The number of amides is 1. The summed E-state index contributed by atoms with van der Waals surface area (Å²) in [5, 5.41) is 12.4. The molecule has 2 aromatic heterocycles. The van der Waals surface area contributed by atoms with Crippen LogP contribution in [0.25, 0.3) is 16.0 Å². The van der Waals surface area contributed by atoms with Crippen LogP contribution in [0.15, 0.2) is 60.3 Å². The molecule has 0 aliphatic carbocycles. The number of aromatic nitrogens is 2. The topological polar surface area (TPSA) is 92.6 Å². The average Bonchev–Trinajstić information content (AvgIpc) is 3.37. The molecule has 1 saturated heterocycles. The van der Waals surface area contributed by atoms with Gasteiger partial charge in [0.25, 0.3) is 5.78 Å². The Morgan fingerprint density at radius 1 is 1.11 bits per heavy atom. The van der Waals surface area contributed by atoms with Crippen LogP contribution in [0.1, 0.15) is 22.9 Å². The second-order valence-electron chi connectivity index (χ2n) is 7.84. The van der Waals surface area contributed by atoms with E-state index in [0.29, 0.717) is 32.1 Å². The summed E-state index contributed by atoms with van der Waals surface area (Å²) >= 11 is 13.6. The number of hydrogen-bond acceptors (Lipinski definition) is 7. The molecule has 0 spiro atoms. The number of anilines is 1. The van der Waals surface area contributed by atoms with Gasteiger partial charge >= 0.3 is 5.91 Å². The van der Waals surface area contributed by atoms with Crippen LogP contribution in [0.5, 0.6) is 5.75 Å². The highest BCUT2D eigenvalue weighted by atomic mass is 35.5. The van der Waals surface area contributed by atoms with Crippen LogP contribution in [0.2, 0.25) is 10.0 Å². The van der Waals surface area contributed by atoms with Crippen molar-refractivity contribution in [3.8, 4) is 5.75 Å². The molecule has 4 aromatic rings. The van der Waals surface area contributed by atoms with Gasteiger partial charge in [0, 0.05) is 16.8 Å². The van der Waals surface area contributed by atoms with Crippen LogP contribution in [0, 0.1) is 6.92 Å². The summed E-state index contributed by atoms with van der Waals surface area (Å²) in [6.07, 6.45) is 1.56. The Bertz CT molecular complexity index is 1500. The third-order valence-electron chi connectivity index (χ3n) is 5.70. The molecule has 1 fully saturated rings. The number of methoxy groups -OCH3 is 1. The molecule has 176 valence electrons. The Kier molecular flexibility index (Phi) is 5.96. The largest absolute Gasteiger partial charge is 0.507 e. The van der Waals surface area contributed by atoms with Gasteiger partial charge < -0.3 is 9.84 Å². The quantitative estimate of drug-likeness (QED) is 0.201. The van der Waals surface area contributed by atoms with E-state index in [9.17, 15) is 14.7 Å². The molecule has 0 saturated carbocycles. The predicted octanol–water partition coefficient (Wildman–Crippen LogP) is 5.94. The fourth-order valence-electron chi connectivity index (χ4n) is 3.95. The maximum absolute atomic E-state index is 13.3. The second-order valence-corrected chi connectivity index (χ2v) is 9.66. The standard InChI is InChI=1S/C25H17Cl2N3O4S/c1-12-9-19-17(11-15(12)27)29-25(35-19)30-21(16-5-3-4-8-28-16)20(23(32)24(30)33)22(31)13-6-7-14(26)18(10-13)34-2/h3-11,21,31H,1-2H3/b22-20+. The van der Waals surface area contributed by atoms with E-state index in [4.69, 9.17) is 27.9 Å². The SMILES string of the molecule is COc1cc(/C(O)=C2\C(=O)C(=O)N(c3nc4cc(Cl)c(C)cc4s3)C2c2ccccn2)ccc1Cl. The first kappa shape index (κ1) is 23.3. The molecule has 1 amide bonds. The number of rotatable bonds is 4. The number of ketones is 1. The summed E-state index contributed by atoms with van der Waals surface area (Å²) in [5.74, 6) is -1.71. The number of aliphatic hydroxyl groups excluding tert-OH is 1. The van der Waals surface area contributed by atoms with E-state index in [-0.39, 0.29) is 16.9 Å². The number of carbonyl (C=O) groups excluding carboxylic acids is 2. The Hall–Kier alpha value is -3.46. The lowest BCUT2D eigenvalue weighted by Crippen LogP contribution is -2.29. The molecular formula is C25H17Cl2N3O4S. The number of aliphatic hydroxyl groups is 1. The first-order chi connectivity index (χ1) is 16.8. The van der Waals surface area contributed by atoms with Crippen molar-refractivity contribution in [2.45, 2.75) is 13.0 Å². The summed E-state index contributed by atoms with van der Waals surface area (Å²) in [6, 6.07) is 12.4. The average molecular weight is 526 g/mol. The molecule has 1 N–H and O–H groups in total. The minimum absolute atomic E-state index is 0.105. The zero-order valence-corrected chi connectivity index (χ0v) is 20.8. The lowest BCUT2D eigenvalue weighted by atomic mass is 9.98. The van der Waals surface area contributed by atoms with Crippen LogP contribution >= 0.6 is 34.5 Å². The number of thiazole rings is 1. The molecular weight excluding hydrogens is 509 g/mol. The zero-order chi connectivity index (χ0) is 24.9. The number of hydrogen-bond donors (Lipinski definition) is 1. The number of aryl methyl sites for hydroxylation is 1. The highest BCUT2D eigenvalue weighted by Crippen LogP contribution is 2.44. The summed E-state index contributed by atoms with van der Waals surface area (Å²) in [6.45, 7) is 1.88. The van der Waals surface area contributed by atoms with Gasteiger partial charge in [-0.15, -0.1) is 0 Å². The number of nitrogens with zero attached hydrogens (tertiary/aromatic N) is 3. The minimum atomic E-state index is -0.991. The highest BCUT2D eigenvalue weighted by Gasteiger charge is 2.48. The number of benzene rings is 2. The van der Waals surface area contributed by atoms with Gasteiger partial charge in [-0.1, -0.05) is 40.6 Å². The van der Waals surface area contributed by atoms with Crippen LogP contribution < -0.4 is 9.64 Å². The van der Waals surface area contributed by atoms with Crippen molar-refractivity contribution < 1.29 is 19.4 Å². The monoisotopic (exact) mass is 525 g/mol. The predicted molar refractivity (Wildman–Crippen MR) is 136 cm³/mol. The first-order valence-corrected chi connectivity index (χ1v) is 12.0. The van der Waals surface area contributed by atoms with Crippen molar-refractivity contribution in [3.63, 3.8) is 0 Å². The molecule has 1 unspecified atom stereocenters. The van der Waals surface area contributed by atoms with Crippen molar-refractivity contribution in [1.82, 2.24) is 9.97 Å². The smallest absolute Gasteiger partial charge is 0.301 e. The summed E-state index contributed by atoms with van der Waals surface area (Å²) in [4.78, 5) is 36.9. The summed E-state index contributed by atoms with van der Waals surface area (Å²) in [7, 11) is 1.44. The molecule has 1 aliphatic rings. The maximum Gasteiger partial charge on any atom is 0.301 e. The van der Waals surface area contributed by atoms with Gasteiger partial charge in [0.2, 0.25) is 0 Å². The zero-order valence-electron chi connectivity index (χ0n) is 18.5. The van der Waals surface area contributed by atoms with Crippen LogP contribution in [-0.2, 0) is 9.59 Å². The molecule has 5 rings (SSSR count). The third-order valence-corrected chi connectivity index (χ3v) is 7.44. The van der Waals surface area contributed by atoms with E-state index < -0.39 is 17.7 Å². The Morgan fingerprint density at radius 2 is 1.91 bits per heavy atom. The van der Waals surface area contributed by atoms with Crippen molar-refractivity contribution in [2.75, 3.05) is 12.0 Å². The molecule has 10 heteroatoms. The molecule has 1 atom stereocenters. The number of halogens is 2. The van der Waals surface area contributed by atoms with Crippen molar-refractivity contribution in [1.29, 1.82) is 0 Å². The lowest BCUT2D eigenvalue weighted by Gasteiger charge is -2.22. The van der Waals surface area contributed by atoms with Gasteiger partial charge in [0.05, 0.1) is 33.6 Å². The number of carbonyl (C=O) groups is 2. The lowest BCUT2D eigenvalue weighted by molar-refractivity contribution is -0.132. The van der Waals surface area contributed by atoms with Crippen LogP contribution in [-0.4, -0.2) is 33.9 Å². The fraction of sp³-hybridized carbons (Fsp3) is 0.120. The molecule has 0 bridgehead atoms. The number of fused-ring (bicyclic) bond motifs is 1. The number of ether oxygens (including phenoxy) is 1. The molecule has 0 radical (unpaired) electrons. The third kappa shape index (κ3) is 3.93. The first-order valence-electron chi connectivity index (χ1n) is 10.4. The highest BCUT2D eigenvalue weighted by molar-refractivity contribution is 7.22. The van der Waals surface area contributed by atoms with E-state index in [1.165, 1.54) is 29.4 Å². The van der Waals surface area contributed by atoms with E-state index in [0.717, 1.165) is 10.3 Å². The van der Waals surface area contributed by atoms with E-state index in [2.05, 4.69) is 9.97 Å². The van der Waals surface area contributed by atoms with Crippen LogP contribution in [0.4, 0.5) is 5.13 Å². The van der Waals surface area contributed by atoms with E-state index in [1.807, 2.05) is 13.0 Å². The van der Waals surface area contributed by atoms with Gasteiger partial charge in [-0.25, -0.2) is 4.98 Å². The van der Waals surface area contributed by atoms with Gasteiger partial charge in [-0.05, 0) is 55.0 Å². The number of pyridine rings is 1. The minimum Gasteiger partial charge on any atom is -0.507 e. The van der Waals surface area contributed by atoms with Gasteiger partial charge in [-0.3, -0.25) is 19.5 Å².